The fraction of sp³-hybridized carbons (Fsp3) is 0.276. The third-order valence-electron chi connectivity index (χ3n) is 6.73. The van der Waals surface area contributed by atoms with Crippen LogP contribution in [-0.2, 0) is 14.1 Å². The molecule has 0 fully saturated rings. The van der Waals surface area contributed by atoms with Gasteiger partial charge >= 0.3 is 0 Å². The number of aryl methyl sites for hydroxylation is 2. The number of hydrogen-bond acceptors (Lipinski definition) is 8. The van der Waals surface area contributed by atoms with Crippen molar-refractivity contribution in [1.29, 1.82) is 5.41 Å². The summed E-state index contributed by atoms with van der Waals surface area (Å²) in [7, 11) is 3.29. The first-order valence-electron chi connectivity index (χ1n) is 14.3. The molecule has 0 unspecified atom stereocenters. The number of amides is 4. The van der Waals surface area contributed by atoms with Gasteiger partial charge < -0.3 is 30.8 Å². The highest BCUT2D eigenvalue weighted by atomic mass is 35.5. The van der Waals surface area contributed by atoms with Crippen LogP contribution >= 0.6 is 23.2 Å². The van der Waals surface area contributed by atoms with Crippen LogP contribution in [0.4, 0.5) is 11.4 Å². The van der Waals surface area contributed by atoms with Crippen LogP contribution in [0.25, 0.3) is 0 Å². The molecular weight excluding hydrogens is 651 g/mol. The lowest BCUT2D eigenvalue weighted by molar-refractivity contribution is 0.0806. The second-order valence-electron chi connectivity index (χ2n) is 10.2. The molecule has 0 spiro atoms. The molecule has 18 heteroatoms. The molecule has 0 aliphatic rings. The van der Waals surface area contributed by atoms with Crippen molar-refractivity contribution in [3.63, 3.8) is 0 Å². The molecule has 4 rings (SSSR count). The second-order valence-corrected chi connectivity index (χ2v) is 11.0. The van der Waals surface area contributed by atoms with Crippen molar-refractivity contribution in [1.82, 2.24) is 34.6 Å². The number of hydrazine groups is 1. The summed E-state index contributed by atoms with van der Waals surface area (Å²) >= 11 is 12.0. The van der Waals surface area contributed by atoms with Crippen molar-refractivity contribution in [3.05, 3.63) is 83.7 Å². The van der Waals surface area contributed by atoms with Crippen molar-refractivity contribution in [2.24, 2.45) is 19.8 Å². The Morgan fingerprint density at radius 3 is 2.02 bits per heavy atom. The number of hydrogen-bond donors (Lipinski definition) is 5. The zero-order valence-corrected chi connectivity index (χ0v) is 27.1. The van der Waals surface area contributed by atoms with Gasteiger partial charge in [0, 0.05) is 69.9 Å². The maximum absolute atomic E-state index is 13.5. The highest BCUT2D eigenvalue weighted by Gasteiger charge is 2.27. The molecule has 0 aliphatic heterocycles. The summed E-state index contributed by atoms with van der Waals surface area (Å²) in [6.07, 6.45) is 4.65. The Hall–Kier alpha value is -5.19. The van der Waals surface area contributed by atoms with E-state index in [9.17, 15) is 19.2 Å². The summed E-state index contributed by atoms with van der Waals surface area (Å²) in [6.45, 7) is 0.739. The van der Waals surface area contributed by atoms with Gasteiger partial charge in [-0.15, -0.1) is 33.1 Å². The zero-order chi connectivity index (χ0) is 34.1. The van der Waals surface area contributed by atoms with Crippen LogP contribution in [0.5, 0.6) is 0 Å². The number of carbonyl (C=O) groups is 4. The first kappa shape index (κ1) is 34.7. The van der Waals surface area contributed by atoms with Gasteiger partial charge in [0.05, 0.1) is 23.4 Å². The fourth-order valence-electron chi connectivity index (χ4n) is 4.50. The summed E-state index contributed by atoms with van der Waals surface area (Å²) in [5.74, 6) is -1.57. The molecule has 0 radical (unpaired) electrons. The molecule has 0 saturated carbocycles. The van der Waals surface area contributed by atoms with Crippen LogP contribution in [0, 0.1) is 5.41 Å². The second kappa shape index (κ2) is 15.9. The van der Waals surface area contributed by atoms with Gasteiger partial charge in [0.15, 0.2) is 5.69 Å². The Kier molecular flexibility index (Phi) is 11.7. The van der Waals surface area contributed by atoms with E-state index in [1.807, 2.05) is 0 Å². The molecule has 16 nitrogen and oxygen atoms in total. The molecule has 248 valence electrons. The number of anilines is 2. The number of alkyl halides is 2. The minimum Gasteiger partial charge on any atom is -0.388 e. The fourth-order valence-corrected chi connectivity index (χ4v) is 4.89. The van der Waals surface area contributed by atoms with Gasteiger partial charge in [-0.05, 0) is 29.5 Å². The van der Waals surface area contributed by atoms with Crippen LogP contribution in [0.1, 0.15) is 48.2 Å². The number of halogens is 2. The molecule has 4 aromatic rings. The standard InChI is InChI=1S/C29H34Cl2N12O4/c1-39-17-21(14-23(39)27(45)34-11-8-25(32)33)36-28(46)24-15-20(16-40(24)2)35-26(44)22-18-42(38-37-22)43(41(12-9-30)13-10-31)29(47)19-6-4-3-5-7-19/h3-7,14-18H,8-13H2,1-2H3,(H3,32,33)(H,34,45)(H,35,44)(H,36,46). The van der Waals surface area contributed by atoms with Gasteiger partial charge in [0.2, 0.25) is 0 Å². The minimum atomic E-state index is -0.634. The highest BCUT2D eigenvalue weighted by molar-refractivity contribution is 6.18. The van der Waals surface area contributed by atoms with Gasteiger partial charge in [-0.25, -0.2) is 0 Å². The Morgan fingerprint density at radius 2 is 1.45 bits per heavy atom. The van der Waals surface area contributed by atoms with Crippen molar-refractivity contribution in [2.45, 2.75) is 6.42 Å². The molecule has 4 amide bonds. The first-order valence-corrected chi connectivity index (χ1v) is 15.3. The van der Waals surface area contributed by atoms with Crippen LogP contribution in [0.2, 0.25) is 0 Å². The highest BCUT2D eigenvalue weighted by Crippen LogP contribution is 2.18. The number of aromatic nitrogens is 5. The van der Waals surface area contributed by atoms with Crippen LogP contribution in [0.3, 0.4) is 0 Å². The summed E-state index contributed by atoms with van der Waals surface area (Å²) in [5, 5.41) is 26.2. The molecule has 6 N–H and O–H groups in total. The number of benzene rings is 1. The molecular formula is C29H34Cl2N12O4. The lowest BCUT2D eigenvalue weighted by Gasteiger charge is -2.32. The van der Waals surface area contributed by atoms with E-state index in [1.165, 1.54) is 28.0 Å². The monoisotopic (exact) mass is 684 g/mol. The summed E-state index contributed by atoms with van der Waals surface area (Å²) in [5.41, 5.74) is 6.81. The van der Waals surface area contributed by atoms with E-state index in [4.69, 9.17) is 34.3 Å². The molecule has 1 aromatic carbocycles. The van der Waals surface area contributed by atoms with E-state index in [2.05, 4.69) is 26.3 Å². The largest absolute Gasteiger partial charge is 0.388 e. The van der Waals surface area contributed by atoms with E-state index < -0.39 is 17.7 Å². The van der Waals surface area contributed by atoms with Crippen LogP contribution in [0.15, 0.2) is 61.1 Å². The van der Waals surface area contributed by atoms with Gasteiger partial charge in [-0.1, -0.05) is 18.2 Å². The maximum Gasteiger partial charge on any atom is 0.289 e. The zero-order valence-electron chi connectivity index (χ0n) is 25.6. The molecule has 47 heavy (non-hydrogen) atoms. The number of rotatable bonds is 15. The Bertz CT molecular complexity index is 1740. The van der Waals surface area contributed by atoms with Crippen LogP contribution < -0.4 is 26.8 Å². The lowest BCUT2D eigenvalue weighted by atomic mass is 10.2. The van der Waals surface area contributed by atoms with E-state index in [-0.39, 0.29) is 60.9 Å². The van der Waals surface area contributed by atoms with Gasteiger partial charge in [0.1, 0.15) is 11.4 Å². The number of carbonyl (C=O) groups excluding carboxylic acids is 4. The third-order valence-corrected chi connectivity index (χ3v) is 7.07. The number of amidine groups is 1. The van der Waals surface area contributed by atoms with Gasteiger partial charge in [-0.2, -0.15) is 10.1 Å². The topological polar surface area (TPSA) is 201 Å². The normalized spacial score (nSPS) is 10.9. The van der Waals surface area contributed by atoms with E-state index in [0.717, 1.165) is 4.79 Å². The number of nitrogens with one attached hydrogen (secondary N) is 4. The lowest BCUT2D eigenvalue weighted by Crippen LogP contribution is -2.55. The Labute approximate surface area is 279 Å². The molecule has 3 heterocycles. The van der Waals surface area contributed by atoms with Crippen molar-refractivity contribution >= 4 is 64.0 Å². The van der Waals surface area contributed by atoms with Crippen molar-refractivity contribution < 1.29 is 19.2 Å². The van der Waals surface area contributed by atoms with Crippen LogP contribution in [-0.4, -0.2) is 90.1 Å². The van der Waals surface area contributed by atoms with Gasteiger partial charge in [-0.3, -0.25) is 24.6 Å². The van der Waals surface area contributed by atoms with Crippen molar-refractivity contribution in [2.75, 3.05) is 47.1 Å². The average Bonchev–Trinajstić information content (AvgIpc) is 3.76. The molecule has 0 saturated heterocycles. The van der Waals surface area contributed by atoms with E-state index in [0.29, 0.717) is 22.6 Å². The Balaban J connectivity index is 1.46. The number of nitrogens with two attached hydrogens (primary N) is 1. The third kappa shape index (κ3) is 8.75. The van der Waals surface area contributed by atoms with Crippen molar-refractivity contribution in [3.8, 4) is 0 Å². The predicted octanol–water partition coefficient (Wildman–Crippen LogP) is 1.99. The first-order chi connectivity index (χ1) is 22.5. The SMILES string of the molecule is Cn1cc(NC(=O)c2cc(NC(=O)c3cn(N(C(=O)c4ccccc4)N(CCCl)CCCl)nn3)cn2C)cc1C(=O)NCCC(=N)N. The predicted molar refractivity (Wildman–Crippen MR) is 178 cm³/mol. The molecule has 0 aliphatic carbocycles. The smallest absolute Gasteiger partial charge is 0.289 e. The molecule has 3 aromatic heterocycles. The molecule has 0 atom stereocenters. The summed E-state index contributed by atoms with van der Waals surface area (Å²) in [6, 6.07) is 11.5. The van der Waals surface area contributed by atoms with Gasteiger partial charge in [0.25, 0.3) is 23.6 Å². The maximum atomic E-state index is 13.5. The molecule has 0 bridgehead atoms. The average molecular weight is 686 g/mol. The quantitative estimate of drug-likeness (QED) is 0.0541. The minimum absolute atomic E-state index is 0.0379. The summed E-state index contributed by atoms with van der Waals surface area (Å²) < 4.78 is 3.08. The summed E-state index contributed by atoms with van der Waals surface area (Å²) in [4.78, 5) is 53.4. The Morgan fingerprint density at radius 1 is 0.872 bits per heavy atom. The van der Waals surface area contributed by atoms with E-state index in [1.54, 1.807) is 66.4 Å². The number of nitrogens with zero attached hydrogens (tertiary/aromatic N) is 7. The van der Waals surface area contributed by atoms with E-state index >= 15 is 0 Å².